The molecule has 1 fully saturated rings. The first-order valence-corrected chi connectivity index (χ1v) is 9.47. The second kappa shape index (κ2) is 9.74. The first-order valence-electron chi connectivity index (χ1n) is 9.47. The van der Waals surface area contributed by atoms with Gasteiger partial charge in [0.25, 0.3) is 5.69 Å². The predicted octanol–water partition coefficient (Wildman–Crippen LogP) is 1.96. The van der Waals surface area contributed by atoms with Crippen LogP contribution in [0, 0.1) is 16.0 Å². The molecule has 0 unspecified atom stereocenters. The SMILES string of the molecule is O=C(NCC1CCN(Cc2ccncc2)CC1)C(=O)Nc1ccccc1[N+](=O)[O-]. The van der Waals surface area contributed by atoms with Crippen LogP contribution in [0.1, 0.15) is 18.4 Å². The number of nitro benzene ring substituents is 1. The first-order chi connectivity index (χ1) is 14.0. The molecule has 9 heteroatoms. The molecule has 1 aliphatic rings. The second-order valence-corrected chi connectivity index (χ2v) is 7.01. The third-order valence-electron chi connectivity index (χ3n) is 4.97. The Hall–Kier alpha value is -3.33. The number of aromatic nitrogens is 1. The fourth-order valence-corrected chi connectivity index (χ4v) is 3.33. The van der Waals surface area contributed by atoms with Crippen LogP contribution >= 0.6 is 0 Å². The molecule has 3 rings (SSSR count). The molecule has 0 aliphatic carbocycles. The van der Waals surface area contributed by atoms with Crippen molar-refractivity contribution < 1.29 is 14.5 Å². The van der Waals surface area contributed by atoms with Crippen LogP contribution in [0.5, 0.6) is 0 Å². The van der Waals surface area contributed by atoms with E-state index in [1.165, 1.54) is 23.8 Å². The maximum atomic E-state index is 12.1. The minimum Gasteiger partial charge on any atom is -0.348 e. The van der Waals surface area contributed by atoms with Crippen molar-refractivity contribution in [3.63, 3.8) is 0 Å². The normalized spacial score (nSPS) is 14.9. The monoisotopic (exact) mass is 397 g/mol. The molecule has 1 aliphatic heterocycles. The van der Waals surface area contributed by atoms with Gasteiger partial charge in [0.15, 0.2) is 0 Å². The van der Waals surface area contributed by atoms with Gasteiger partial charge in [0.05, 0.1) is 4.92 Å². The lowest BCUT2D eigenvalue weighted by Gasteiger charge is -2.32. The van der Waals surface area contributed by atoms with Crippen LogP contribution < -0.4 is 10.6 Å². The molecular weight excluding hydrogens is 374 g/mol. The highest BCUT2D eigenvalue weighted by Gasteiger charge is 2.23. The summed E-state index contributed by atoms with van der Waals surface area (Å²) < 4.78 is 0. The van der Waals surface area contributed by atoms with E-state index in [0.29, 0.717) is 12.5 Å². The number of nitrogens with zero attached hydrogens (tertiary/aromatic N) is 3. The summed E-state index contributed by atoms with van der Waals surface area (Å²) in [5, 5.41) is 15.9. The maximum Gasteiger partial charge on any atom is 0.313 e. The van der Waals surface area contributed by atoms with E-state index in [2.05, 4.69) is 20.5 Å². The van der Waals surface area contributed by atoms with Crippen molar-refractivity contribution in [2.45, 2.75) is 19.4 Å². The molecular formula is C20H23N5O4. The molecule has 0 radical (unpaired) electrons. The minimum atomic E-state index is -0.908. The van der Waals surface area contributed by atoms with Gasteiger partial charge in [-0.3, -0.25) is 29.6 Å². The van der Waals surface area contributed by atoms with E-state index in [0.717, 1.165) is 32.5 Å². The molecule has 0 saturated carbocycles. The van der Waals surface area contributed by atoms with Gasteiger partial charge < -0.3 is 10.6 Å². The van der Waals surface area contributed by atoms with Crippen LogP contribution in [0.2, 0.25) is 0 Å². The Kier molecular flexibility index (Phi) is 6.85. The lowest BCUT2D eigenvalue weighted by atomic mass is 9.96. The zero-order chi connectivity index (χ0) is 20.6. The number of benzene rings is 1. The highest BCUT2D eigenvalue weighted by atomic mass is 16.6. The summed E-state index contributed by atoms with van der Waals surface area (Å²) in [6.07, 6.45) is 5.42. The molecule has 1 aromatic heterocycles. The van der Waals surface area contributed by atoms with Gasteiger partial charge in [-0.05, 0) is 55.6 Å². The summed E-state index contributed by atoms with van der Waals surface area (Å²) in [5.41, 5.74) is 0.968. The van der Waals surface area contributed by atoms with Crippen molar-refractivity contribution in [2.24, 2.45) is 5.92 Å². The summed E-state index contributed by atoms with van der Waals surface area (Å²) in [4.78, 5) is 40.9. The van der Waals surface area contributed by atoms with Gasteiger partial charge in [0.1, 0.15) is 5.69 Å². The summed E-state index contributed by atoms with van der Waals surface area (Å²) in [5.74, 6) is -1.40. The van der Waals surface area contributed by atoms with E-state index < -0.39 is 16.7 Å². The summed E-state index contributed by atoms with van der Waals surface area (Å²) in [6, 6.07) is 9.72. The van der Waals surface area contributed by atoms with Crippen molar-refractivity contribution in [1.82, 2.24) is 15.2 Å². The Labute approximate surface area is 168 Å². The van der Waals surface area contributed by atoms with Gasteiger partial charge in [-0.25, -0.2) is 0 Å². The molecule has 2 heterocycles. The number of nitrogens with one attached hydrogen (secondary N) is 2. The van der Waals surface area contributed by atoms with E-state index in [4.69, 9.17) is 0 Å². The van der Waals surface area contributed by atoms with E-state index >= 15 is 0 Å². The molecule has 0 bridgehead atoms. The van der Waals surface area contributed by atoms with Crippen LogP contribution in [-0.2, 0) is 16.1 Å². The number of carbonyl (C=O) groups excluding carboxylic acids is 2. The van der Waals surface area contributed by atoms with Crippen molar-refractivity contribution >= 4 is 23.2 Å². The van der Waals surface area contributed by atoms with Crippen LogP contribution in [0.15, 0.2) is 48.8 Å². The Morgan fingerprint density at radius 1 is 1.10 bits per heavy atom. The topological polar surface area (TPSA) is 117 Å². The molecule has 0 atom stereocenters. The zero-order valence-electron chi connectivity index (χ0n) is 15.9. The van der Waals surface area contributed by atoms with Gasteiger partial charge in [-0.15, -0.1) is 0 Å². The standard InChI is InChI=1S/C20H23N5O4/c26-19(20(27)23-17-3-1-2-4-18(17)25(28)29)22-13-15-7-11-24(12-8-15)14-16-5-9-21-10-6-16/h1-6,9-10,15H,7-8,11-14H2,(H,22,26)(H,23,27). The van der Waals surface area contributed by atoms with Crippen molar-refractivity contribution in [3.05, 3.63) is 64.5 Å². The number of hydrogen-bond acceptors (Lipinski definition) is 6. The summed E-state index contributed by atoms with van der Waals surface area (Å²) in [6.45, 7) is 3.13. The van der Waals surface area contributed by atoms with E-state index in [9.17, 15) is 19.7 Å². The van der Waals surface area contributed by atoms with E-state index in [1.807, 2.05) is 12.1 Å². The molecule has 0 spiro atoms. The molecule has 2 aromatic rings. The average molecular weight is 397 g/mol. The Morgan fingerprint density at radius 3 is 2.48 bits per heavy atom. The number of amides is 2. The van der Waals surface area contributed by atoms with E-state index in [1.54, 1.807) is 18.5 Å². The quantitative estimate of drug-likeness (QED) is 0.437. The summed E-state index contributed by atoms with van der Waals surface area (Å²) >= 11 is 0. The highest BCUT2D eigenvalue weighted by molar-refractivity contribution is 6.39. The largest absolute Gasteiger partial charge is 0.348 e. The van der Waals surface area contributed by atoms with Gasteiger partial charge in [0.2, 0.25) is 0 Å². The number of para-hydroxylation sites is 2. The molecule has 29 heavy (non-hydrogen) atoms. The predicted molar refractivity (Wildman–Crippen MR) is 107 cm³/mol. The molecule has 1 aromatic carbocycles. The molecule has 2 amide bonds. The average Bonchev–Trinajstić information content (AvgIpc) is 2.74. The van der Waals surface area contributed by atoms with E-state index in [-0.39, 0.29) is 11.4 Å². The zero-order valence-corrected chi connectivity index (χ0v) is 15.9. The minimum absolute atomic E-state index is 0.00192. The number of pyridine rings is 1. The van der Waals surface area contributed by atoms with Crippen molar-refractivity contribution in [2.75, 3.05) is 25.0 Å². The molecule has 2 N–H and O–H groups in total. The fraction of sp³-hybridized carbons (Fsp3) is 0.350. The Bertz CT molecular complexity index is 866. The highest BCUT2D eigenvalue weighted by Crippen LogP contribution is 2.23. The third-order valence-corrected chi connectivity index (χ3v) is 4.97. The smallest absolute Gasteiger partial charge is 0.313 e. The second-order valence-electron chi connectivity index (χ2n) is 7.01. The number of piperidine rings is 1. The maximum absolute atomic E-state index is 12.1. The molecule has 9 nitrogen and oxygen atoms in total. The van der Waals surface area contributed by atoms with Gasteiger partial charge in [0, 0.05) is 31.5 Å². The van der Waals surface area contributed by atoms with Crippen LogP contribution in [0.4, 0.5) is 11.4 Å². The molecule has 152 valence electrons. The van der Waals surface area contributed by atoms with Crippen molar-refractivity contribution in [3.8, 4) is 0 Å². The first kappa shape index (κ1) is 20.4. The Morgan fingerprint density at radius 2 is 1.79 bits per heavy atom. The summed E-state index contributed by atoms with van der Waals surface area (Å²) in [7, 11) is 0. The van der Waals surface area contributed by atoms with Gasteiger partial charge in [-0.1, -0.05) is 12.1 Å². The third kappa shape index (κ3) is 5.82. The van der Waals surface area contributed by atoms with Gasteiger partial charge >= 0.3 is 11.8 Å². The van der Waals surface area contributed by atoms with Crippen LogP contribution in [0.25, 0.3) is 0 Å². The van der Waals surface area contributed by atoms with Gasteiger partial charge in [-0.2, -0.15) is 0 Å². The van der Waals surface area contributed by atoms with Crippen LogP contribution in [-0.4, -0.2) is 46.3 Å². The van der Waals surface area contributed by atoms with Crippen LogP contribution in [0.3, 0.4) is 0 Å². The Balaban J connectivity index is 1.42. The number of likely N-dealkylation sites (tertiary alicyclic amines) is 1. The molecule has 1 saturated heterocycles. The number of anilines is 1. The lowest BCUT2D eigenvalue weighted by molar-refractivity contribution is -0.383. The number of rotatable bonds is 6. The van der Waals surface area contributed by atoms with Crippen molar-refractivity contribution in [1.29, 1.82) is 0 Å². The fourth-order valence-electron chi connectivity index (χ4n) is 3.33. The number of hydrogen-bond donors (Lipinski definition) is 2. The number of carbonyl (C=O) groups is 2. The number of nitro groups is 1. The lowest BCUT2D eigenvalue weighted by Crippen LogP contribution is -2.41.